The Bertz CT molecular complexity index is 651. The van der Waals surface area contributed by atoms with Crippen LogP contribution in [0.1, 0.15) is 17.5 Å². The smallest absolute Gasteiger partial charge is 0.312 e. The molecule has 0 bridgehead atoms. The Kier molecular flexibility index (Phi) is 4.07. The molecule has 1 fully saturated rings. The number of hydrogen-bond donors (Lipinski definition) is 0. The largest absolute Gasteiger partial charge is 0.469 e. The summed E-state index contributed by atoms with van der Waals surface area (Å²) in [6, 6.07) is 7.84. The summed E-state index contributed by atoms with van der Waals surface area (Å²) in [5, 5.41) is 4.16. The van der Waals surface area contributed by atoms with Gasteiger partial charge in [0.15, 0.2) is 0 Å². The van der Waals surface area contributed by atoms with E-state index in [1.165, 1.54) is 14.2 Å². The summed E-state index contributed by atoms with van der Waals surface area (Å²) in [4.78, 5) is 29.7. The quantitative estimate of drug-likeness (QED) is 0.793. The van der Waals surface area contributed by atoms with Gasteiger partial charge in [-0.2, -0.15) is 0 Å². The summed E-state index contributed by atoms with van der Waals surface area (Å²) in [5.74, 6) is -2.00. The zero-order valence-electron chi connectivity index (χ0n) is 13.3. The van der Waals surface area contributed by atoms with Gasteiger partial charge in [-0.1, -0.05) is 35.0 Å². The maximum absolute atomic E-state index is 12.2. The number of methoxy groups -OCH3 is 2. The molecule has 0 spiro atoms. The van der Waals surface area contributed by atoms with Crippen LogP contribution < -0.4 is 0 Å². The average molecular weight is 317 g/mol. The molecule has 0 amide bonds. The molecule has 2 aliphatic rings. The van der Waals surface area contributed by atoms with Crippen molar-refractivity contribution in [2.75, 3.05) is 14.2 Å². The number of aryl methyl sites for hydroxylation is 1. The predicted octanol–water partition coefficient (Wildman–Crippen LogP) is 1.70. The second-order valence-corrected chi connectivity index (χ2v) is 5.93. The van der Waals surface area contributed by atoms with Crippen molar-refractivity contribution < 1.29 is 23.9 Å². The van der Waals surface area contributed by atoms with Gasteiger partial charge in [0.1, 0.15) is 6.10 Å². The van der Waals surface area contributed by atoms with Gasteiger partial charge in [0, 0.05) is 0 Å². The molecule has 1 aromatic rings. The molecule has 0 aromatic heterocycles. The van der Waals surface area contributed by atoms with Crippen molar-refractivity contribution in [3.05, 3.63) is 35.4 Å². The Morgan fingerprint density at radius 1 is 1.09 bits per heavy atom. The highest BCUT2D eigenvalue weighted by atomic mass is 16.6. The summed E-state index contributed by atoms with van der Waals surface area (Å²) in [5.41, 5.74) is 2.72. The van der Waals surface area contributed by atoms with Crippen LogP contribution >= 0.6 is 0 Å². The Labute approximate surface area is 134 Å². The first kappa shape index (κ1) is 15.5. The summed E-state index contributed by atoms with van der Waals surface area (Å²) < 4.78 is 9.74. The van der Waals surface area contributed by atoms with E-state index in [4.69, 9.17) is 14.3 Å². The SMILES string of the molecule is COC(=O)[C@H]1C[C@@H](C(=O)OC)[C@H]2ON=C(c3ccc(C)cc3)[C@H]21. The van der Waals surface area contributed by atoms with Crippen molar-refractivity contribution >= 4 is 17.7 Å². The molecule has 1 aliphatic carbocycles. The zero-order chi connectivity index (χ0) is 16.6. The van der Waals surface area contributed by atoms with Crippen LogP contribution in [0.4, 0.5) is 0 Å². The molecular formula is C17H19NO5. The van der Waals surface area contributed by atoms with Crippen LogP contribution in [0, 0.1) is 24.7 Å². The van der Waals surface area contributed by atoms with Gasteiger partial charge in [-0.25, -0.2) is 0 Å². The molecule has 6 heteroatoms. The van der Waals surface area contributed by atoms with Crippen molar-refractivity contribution in [2.24, 2.45) is 22.9 Å². The summed E-state index contributed by atoms with van der Waals surface area (Å²) in [6.07, 6.45) is -0.137. The number of oxime groups is 1. The molecule has 6 nitrogen and oxygen atoms in total. The molecule has 3 rings (SSSR count). The molecular weight excluding hydrogens is 298 g/mol. The zero-order valence-corrected chi connectivity index (χ0v) is 13.3. The van der Waals surface area contributed by atoms with E-state index < -0.39 is 17.9 Å². The molecule has 0 N–H and O–H groups in total. The van der Waals surface area contributed by atoms with Crippen LogP contribution in [0.25, 0.3) is 0 Å². The number of ether oxygens (including phenoxy) is 2. The van der Waals surface area contributed by atoms with Gasteiger partial charge >= 0.3 is 11.9 Å². The third-order valence-electron chi connectivity index (χ3n) is 4.64. The summed E-state index contributed by atoms with van der Waals surface area (Å²) in [6.45, 7) is 2.00. The van der Waals surface area contributed by atoms with Crippen molar-refractivity contribution in [3.8, 4) is 0 Å². The second-order valence-electron chi connectivity index (χ2n) is 5.93. The number of nitrogens with zero attached hydrogens (tertiary/aromatic N) is 1. The van der Waals surface area contributed by atoms with E-state index >= 15 is 0 Å². The van der Waals surface area contributed by atoms with Crippen molar-refractivity contribution in [1.29, 1.82) is 0 Å². The van der Waals surface area contributed by atoms with Gasteiger partial charge in [-0.05, 0) is 18.9 Å². The van der Waals surface area contributed by atoms with Crippen molar-refractivity contribution in [2.45, 2.75) is 19.4 Å². The van der Waals surface area contributed by atoms with Gasteiger partial charge in [0.25, 0.3) is 0 Å². The lowest BCUT2D eigenvalue weighted by Crippen LogP contribution is -2.32. The number of benzene rings is 1. The highest BCUT2D eigenvalue weighted by Crippen LogP contribution is 2.45. The minimum absolute atomic E-state index is 0.297. The summed E-state index contributed by atoms with van der Waals surface area (Å²) >= 11 is 0. The first-order valence-electron chi connectivity index (χ1n) is 7.53. The minimum atomic E-state index is -0.513. The molecule has 0 radical (unpaired) electrons. The number of hydrogen-bond acceptors (Lipinski definition) is 6. The van der Waals surface area contributed by atoms with Crippen molar-refractivity contribution in [3.63, 3.8) is 0 Å². The molecule has 1 aliphatic heterocycles. The molecule has 4 atom stereocenters. The summed E-state index contributed by atoms with van der Waals surface area (Å²) in [7, 11) is 2.68. The number of carbonyl (C=O) groups is 2. The lowest BCUT2D eigenvalue weighted by atomic mass is 9.86. The topological polar surface area (TPSA) is 74.2 Å². The normalized spacial score (nSPS) is 28.6. The Morgan fingerprint density at radius 2 is 1.70 bits per heavy atom. The van der Waals surface area contributed by atoms with Gasteiger partial charge in [-0.15, -0.1) is 0 Å². The number of rotatable bonds is 3. The fraction of sp³-hybridized carbons (Fsp3) is 0.471. The third kappa shape index (κ3) is 2.58. The van der Waals surface area contributed by atoms with Gasteiger partial charge in [0.2, 0.25) is 0 Å². The highest BCUT2D eigenvalue weighted by Gasteiger charge is 2.57. The maximum Gasteiger partial charge on any atom is 0.312 e. The Hall–Kier alpha value is -2.37. The van der Waals surface area contributed by atoms with Gasteiger partial charge in [0.05, 0.1) is 37.7 Å². The van der Waals surface area contributed by atoms with Crippen LogP contribution in [0.3, 0.4) is 0 Å². The number of esters is 2. The number of fused-ring (bicyclic) bond motifs is 1. The number of carbonyl (C=O) groups excluding carboxylic acids is 2. The fourth-order valence-electron chi connectivity index (χ4n) is 3.44. The Morgan fingerprint density at radius 3 is 2.30 bits per heavy atom. The van der Waals surface area contributed by atoms with E-state index in [0.717, 1.165) is 11.1 Å². The van der Waals surface area contributed by atoms with Crippen molar-refractivity contribution in [1.82, 2.24) is 0 Å². The van der Waals surface area contributed by atoms with Crippen LogP contribution in [0.5, 0.6) is 0 Å². The van der Waals surface area contributed by atoms with Crippen LogP contribution in [-0.4, -0.2) is 38.0 Å². The molecule has 0 unspecified atom stereocenters. The Balaban J connectivity index is 1.94. The molecule has 1 heterocycles. The monoisotopic (exact) mass is 317 g/mol. The van der Waals surface area contributed by atoms with Crippen LogP contribution in [0.2, 0.25) is 0 Å². The standard InChI is InChI=1S/C17H19NO5/c1-9-4-6-10(7-5-9)14-13-11(16(19)21-2)8-12(17(20)22-3)15(13)23-18-14/h4-7,11-13,15H,8H2,1-3H3/t11-,12+,13+,15+/m0/s1. The minimum Gasteiger partial charge on any atom is -0.469 e. The van der Waals surface area contributed by atoms with Gasteiger partial charge in [-0.3, -0.25) is 9.59 Å². The third-order valence-corrected chi connectivity index (χ3v) is 4.64. The lowest BCUT2D eigenvalue weighted by molar-refractivity contribution is -0.149. The van der Waals surface area contributed by atoms with E-state index in [-0.39, 0.29) is 17.9 Å². The molecule has 0 saturated heterocycles. The molecule has 122 valence electrons. The van der Waals surface area contributed by atoms with E-state index in [0.29, 0.717) is 12.1 Å². The van der Waals surface area contributed by atoms with Crippen LogP contribution in [0.15, 0.2) is 29.4 Å². The van der Waals surface area contributed by atoms with Gasteiger partial charge < -0.3 is 14.3 Å². The van der Waals surface area contributed by atoms with Crippen LogP contribution in [-0.2, 0) is 23.9 Å². The van der Waals surface area contributed by atoms with E-state index in [2.05, 4.69) is 5.16 Å². The fourth-order valence-corrected chi connectivity index (χ4v) is 3.44. The maximum atomic E-state index is 12.2. The molecule has 23 heavy (non-hydrogen) atoms. The second kappa shape index (κ2) is 6.02. The van der Waals surface area contributed by atoms with E-state index in [9.17, 15) is 9.59 Å². The first-order chi connectivity index (χ1) is 11.1. The average Bonchev–Trinajstić information content (AvgIpc) is 3.14. The van der Waals surface area contributed by atoms with E-state index in [1.807, 2.05) is 31.2 Å². The predicted molar refractivity (Wildman–Crippen MR) is 81.7 cm³/mol. The molecule has 1 aromatic carbocycles. The highest BCUT2D eigenvalue weighted by molar-refractivity contribution is 6.05. The molecule has 1 saturated carbocycles. The lowest BCUT2D eigenvalue weighted by Gasteiger charge is -2.17. The van der Waals surface area contributed by atoms with E-state index in [1.54, 1.807) is 0 Å². The first-order valence-corrected chi connectivity index (χ1v) is 7.53.